The molecular formula is C26H31N3O5S2. The third-order valence-electron chi connectivity index (χ3n) is 6.28. The lowest BCUT2D eigenvalue weighted by Crippen LogP contribution is -2.42. The van der Waals surface area contributed by atoms with Gasteiger partial charge < -0.3 is 9.30 Å². The average molecular weight is 530 g/mol. The van der Waals surface area contributed by atoms with E-state index >= 15 is 0 Å². The van der Waals surface area contributed by atoms with E-state index in [0.29, 0.717) is 54.0 Å². The molecule has 192 valence electrons. The van der Waals surface area contributed by atoms with Crippen LogP contribution in [0.4, 0.5) is 0 Å². The lowest BCUT2D eigenvalue weighted by molar-refractivity contribution is 0.0526. The molecule has 0 aliphatic carbocycles. The van der Waals surface area contributed by atoms with E-state index in [4.69, 9.17) is 4.74 Å². The minimum atomic E-state index is -3.62. The largest absolute Gasteiger partial charge is 0.462 e. The maximum atomic E-state index is 13.1. The highest BCUT2D eigenvalue weighted by molar-refractivity contribution is 7.89. The first-order valence-corrected chi connectivity index (χ1v) is 14.4. The van der Waals surface area contributed by atoms with Crippen LogP contribution in [0, 0.1) is 11.8 Å². The van der Waals surface area contributed by atoms with Gasteiger partial charge in [0.15, 0.2) is 4.80 Å². The van der Waals surface area contributed by atoms with Crippen LogP contribution in [0.2, 0.25) is 0 Å². The molecule has 3 aromatic rings. The van der Waals surface area contributed by atoms with E-state index in [1.165, 1.54) is 35.6 Å². The van der Waals surface area contributed by atoms with Crippen molar-refractivity contribution in [1.29, 1.82) is 0 Å². The van der Waals surface area contributed by atoms with E-state index in [1.807, 2.05) is 17.6 Å². The number of amides is 1. The first kappa shape index (κ1) is 26.2. The molecule has 0 spiro atoms. The van der Waals surface area contributed by atoms with Gasteiger partial charge in [-0.1, -0.05) is 25.2 Å². The molecular weight excluding hydrogens is 498 g/mol. The summed E-state index contributed by atoms with van der Waals surface area (Å²) >= 11 is 1.31. The van der Waals surface area contributed by atoms with Crippen molar-refractivity contribution < 1.29 is 22.7 Å². The number of fused-ring (bicyclic) bond motifs is 1. The Kier molecular flexibility index (Phi) is 7.77. The summed E-state index contributed by atoms with van der Waals surface area (Å²) in [6, 6.07) is 11.3. The van der Waals surface area contributed by atoms with Gasteiger partial charge in [-0.3, -0.25) is 4.79 Å². The molecule has 2 unspecified atom stereocenters. The molecule has 1 aliphatic heterocycles. The van der Waals surface area contributed by atoms with E-state index in [9.17, 15) is 18.0 Å². The van der Waals surface area contributed by atoms with Crippen LogP contribution in [0.1, 0.15) is 54.8 Å². The number of benzene rings is 2. The third kappa shape index (κ3) is 5.30. The Morgan fingerprint density at radius 1 is 1.03 bits per heavy atom. The van der Waals surface area contributed by atoms with Crippen LogP contribution in [-0.4, -0.2) is 48.9 Å². The average Bonchev–Trinajstić information content (AvgIpc) is 3.19. The summed E-state index contributed by atoms with van der Waals surface area (Å²) in [5.74, 6) is -0.237. The zero-order chi connectivity index (χ0) is 26.0. The van der Waals surface area contributed by atoms with Gasteiger partial charge in [0.2, 0.25) is 10.0 Å². The molecule has 1 aromatic heterocycles. The fraction of sp³-hybridized carbons (Fsp3) is 0.423. The Bertz CT molecular complexity index is 1440. The summed E-state index contributed by atoms with van der Waals surface area (Å²) in [4.78, 5) is 30.1. The number of carbonyl (C=O) groups excluding carboxylic acids is 2. The number of esters is 1. The first-order valence-electron chi connectivity index (χ1n) is 12.1. The van der Waals surface area contributed by atoms with Crippen LogP contribution in [0.25, 0.3) is 10.2 Å². The topological polar surface area (TPSA) is 98.0 Å². The van der Waals surface area contributed by atoms with Crippen molar-refractivity contribution in [2.45, 2.75) is 45.6 Å². The number of piperidine rings is 1. The molecule has 1 aliphatic rings. The van der Waals surface area contributed by atoms with E-state index in [2.05, 4.69) is 18.8 Å². The zero-order valence-corrected chi connectivity index (χ0v) is 22.6. The maximum Gasteiger partial charge on any atom is 0.338 e. The van der Waals surface area contributed by atoms with Gasteiger partial charge in [-0.25, -0.2) is 13.2 Å². The Balaban J connectivity index is 1.61. The van der Waals surface area contributed by atoms with Gasteiger partial charge in [-0.2, -0.15) is 9.30 Å². The number of hydrogen-bond donors (Lipinski definition) is 0. The molecule has 1 amide bonds. The molecule has 0 saturated carbocycles. The number of thiazole rings is 1. The summed E-state index contributed by atoms with van der Waals surface area (Å²) in [5.41, 5.74) is 1.62. The van der Waals surface area contributed by atoms with Crippen LogP contribution >= 0.6 is 11.3 Å². The maximum absolute atomic E-state index is 13.1. The summed E-state index contributed by atoms with van der Waals surface area (Å²) in [6.45, 7) is 9.73. The van der Waals surface area contributed by atoms with Gasteiger partial charge in [0.25, 0.3) is 5.91 Å². The van der Waals surface area contributed by atoms with E-state index in [-0.39, 0.29) is 4.90 Å². The first-order chi connectivity index (χ1) is 17.1. The lowest BCUT2D eigenvalue weighted by atomic mass is 9.94. The Hall–Kier alpha value is -2.82. The van der Waals surface area contributed by atoms with Crippen LogP contribution < -0.4 is 4.80 Å². The second kappa shape index (κ2) is 10.7. The van der Waals surface area contributed by atoms with Crippen molar-refractivity contribution in [3.63, 3.8) is 0 Å². The fourth-order valence-electron chi connectivity index (χ4n) is 4.68. The smallest absolute Gasteiger partial charge is 0.338 e. The Morgan fingerprint density at radius 2 is 1.67 bits per heavy atom. The molecule has 0 N–H and O–H groups in total. The zero-order valence-electron chi connectivity index (χ0n) is 20.9. The number of carbonyl (C=O) groups is 2. The van der Waals surface area contributed by atoms with Crippen molar-refractivity contribution in [2.75, 3.05) is 19.7 Å². The molecule has 4 rings (SSSR count). The normalized spacial score (nSPS) is 19.5. The quantitative estimate of drug-likeness (QED) is 0.443. The van der Waals surface area contributed by atoms with Gasteiger partial charge in [0.1, 0.15) is 0 Å². The number of rotatable bonds is 6. The van der Waals surface area contributed by atoms with E-state index < -0.39 is 21.9 Å². The molecule has 0 radical (unpaired) electrons. The number of ether oxygens (including phenoxy) is 1. The highest BCUT2D eigenvalue weighted by Gasteiger charge is 2.31. The molecule has 2 heterocycles. The molecule has 2 atom stereocenters. The lowest BCUT2D eigenvalue weighted by Gasteiger charge is -2.34. The van der Waals surface area contributed by atoms with Crippen molar-refractivity contribution >= 4 is 43.5 Å². The minimum Gasteiger partial charge on any atom is -0.462 e. The highest BCUT2D eigenvalue weighted by Crippen LogP contribution is 2.27. The molecule has 8 nitrogen and oxygen atoms in total. The number of nitrogens with zero attached hydrogens (tertiary/aromatic N) is 3. The van der Waals surface area contributed by atoms with Gasteiger partial charge in [-0.05, 0) is 74.6 Å². The van der Waals surface area contributed by atoms with Crippen LogP contribution in [0.15, 0.2) is 52.4 Å². The molecule has 10 heteroatoms. The predicted octanol–water partition coefficient (Wildman–Crippen LogP) is 4.31. The predicted molar refractivity (Wildman–Crippen MR) is 139 cm³/mol. The molecule has 2 aromatic carbocycles. The molecule has 0 bridgehead atoms. The summed E-state index contributed by atoms with van der Waals surface area (Å²) in [6.07, 6.45) is 1.01. The summed E-state index contributed by atoms with van der Waals surface area (Å²) in [5, 5.41) is 0. The van der Waals surface area contributed by atoms with E-state index in [0.717, 1.165) is 16.6 Å². The summed E-state index contributed by atoms with van der Waals surface area (Å²) < 4.78 is 35.6. The fourth-order valence-corrected chi connectivity index (χ4v) is 7.49. The second-order valence-corrected chi connectivity index (χ2v) is 12.2. The standard InChI is InChI=1S/C26H31N3O5S2/c1-5-29-22-12-9-20(25(31)34-6-2)14-23(22)35-26(29)27-24(30)19-7-10-21(11-8-19)36(32,33)28-15-17(3)13-18(4)16-28/h7-12,14,17-18H,5-6,13,15-16H2,1-4H3. The van der Waals surface area contributed by atoms with Crippen LogP contribution in [-0.2, 0) is 21.3 Å². The van der Waals surface area contributed by atoms with Gasteiger partial charge in [-0.15, -0.1) is 0 Å². The number of aromatic nitrogens is 1. The Labute approximate surface area is 215 Å². The second-order valence-electron chi connectivity index (χ2n) is 9.24. The van der Waals surface area contributed by atoms with Crippen molar-refractivity contribution in [3.8, 4) is 0 Å². The summed E-state index contributed by atoms with van der Waals surface area (Å²) in [7, 11) is -3.62. The van der Waals surface area contributed by atoms with Crippen LogP contribution in [0.3, 0.4) is 0 Å². The van der Waals surface area contributed by atoms with Gasteiger partial charge in [0.05, 0.1) is 27.3 Å². The van der Waals surface area contributed by atoms with Crippen molar-refractivity contribution in [1.82, 2.24) is 8.87 Å². The molecule has 1 fully saturated rings. The van der Waals surface area contributed by atoms with Gasteiger partial charge >= 0.3 is 5.97 Å². The van der Waals surface area contributed by atoms with Crippen molar-refractivity contribution in [2.24, 2.45) is 16.8 Å². The number of sulfonamides is 1. The molecule has 36 heavy (non-hydrogen) atoms. The highest BCUT2D eigenvalue weighted by atomic mass is 32.2. The minimum absolute atomic E-state index is 0.178. The molecule has 1 saturated heterocycles. The monoisotopic (exact) mass is 529 g/mol. The van der Waals surface area contributed by atoms with Crippen molar-refractivity contribution in [3.05, 3.63) is 58.4 Å². The van der Waals surface area contributed by atoms with Crippen LogP contribution in [0.5, 0.6) is 0 Å². The Morgan fingerprint density at radius 3 is 2.28 bits per heavy atom. The number of aryl methyl sites for hydroxylation is 1. The third-order valence-corrected chi connectivity index (χ3v) is 9.17. The van der Waals surface area contributed by atoms with Gasteiger partial charge in [0, 0.05) is 25.2 Å². The SMILES string of the molecule is CCOC(=O)c1ccc2c(c1)sc(=NC(=O)c1ccc(S(=O)(=O)N3CC(C)CC(C)C3)cc1)n2CC. The van der Waals surface area contributed by atoms with E-state index in [1.54, 1.807) is 23.4 Å². The number of hydrogen-bond acceptors (Lipinski definition) is 6.